The van der Waals surface area contributed by atoms with Crippen molar-refractivity contribution in [2.45, 2.75) is 18.4 Å². The van der Waals surface area contributed by atoms with E-state index in [2.05, 4.69) is 0 Å². The average molecular weight is 304 g/mol. The largest absolute Gasteiger partial charge is 0.398 e. The van der Waals surface area contributed by atoms with Gasteiger partial charge in [-0.2, -0.15) is 0 Å². The van der Waals surface area contributed by atoms with Crippen LogP contribution < -0.4 is 10.6 Å². The van der Waals surface area contributed by atoms with Gasteiger partial charge in [-0.3, -0.25) is 0 Å². The van der Waals surface area contributed by atoms with Crippen LogP contribution in [0.1, 0.15) is 12.5 Å². The molecule has 0 fully saturated rings. The van der Waals surface area contributed by atoms with E-state index >= 15 is 0 Å². The Morgan fingerprint density at radius 2 is 1.67 bits per heavy atom. The van der Waals surface area contributed by atoms with Gasteiger partial charge in [-0.05, 0) is 35.9 Å². The lowest BCUT2D eigenvalue weighted by Gasteiger charge is -2.20. The fraction of sp³-hybridized carbons (Fsp3) is 0.250. The van der Waals surface area contributed by atoms with Crippen LogP contribution in [0.5, 0.6) is 0 Å². The van der Waals surface area contributed by atoms with Gasteiger partial charge in [0.2, 0.25) is 0 Å². The lowest BCUT2D eigenvalue weighted by Crippen LogP contribution is -2.17. The highest BCUT2D eigenvalue weighted by molar-refractivity contribution is 7.91. The van der Waals surface area contributed by atoms with Crippen LogP contribution in [0.2, 0.25) is 0 Å². The van der Waals surface area contributed by atoms with Crippen LogP contribution in [0.4, 0.5) is 11.4 Å². The molecule has 2 aromatic carbocycles. The minimum atomic E-state index is -3.14. The fourth-order valence-electron chi connectivity index (χ4n) is 2.10. The van der Waals surface area contributed by atoms with E-state index in [1.165, 1.54) is 0 Å². The summed E-state index contributed by atoms with van der Waals surface area (Å²) in [5.41, 5.74) is 8.70. The van der Waals surface area contributed by atoms with Gasteiger partial charge in [0.05, 0.1) is 10.6 Å². The third-order valence-electron chi connectivity index (χ3n) is 3.48. The summed E-state index contributed by atoms with van der Waals surface area (Å²) in [6.45, 7) is 2.32. The van der Waals surface area contributed by atoms with Crippen molar-refractivity contribution in [3.8, 4) is 0 Å². The zero-order valence-corrected chi connectivity index (χ0v) is 13.1. The number of benzene rings is 2. The number of hydrogen-bond acceptors (Lipinski definition) is 4. The van der Waals surface area contributed by atoms with Crippen molar-refractivity contribution < 1.29 is 8.42 Å². The molecule has 0 amide bonds. The van der Waals surface area contributed by atoms with Gasteiger partial charge in [0, 0.05) is 25.0 Å². The lowest BCUT2D eigenvalue weighted by atomic mass is 10.1. The molecule has 5 heteroatoms. The van der Waals surface area contributed by atoms with Crippen molar-refractivity contribution in [2.75, 3.05) is 23.4 Å². The molecule has 2 aromatic rings. The van der Waals surface area contributed by atoms with Crippen LogP contribution in [0.3, 0.4) is 0 Å². The van der Waals surface area contributed by atoms with Gasteiger partial charge in [-0.1, -0.05) is 25.1 Å². The quantitative estimate of drug-likeness (QED) is 0.863. The summed E-state index contributed by atoms with van der Waals surface area (Å²) in [7, 11) is -1.19. The smallest absolute Gasteiger partial charge is 0.178 e. The van der Waals surface area contributed by atoms with Gasteiger partial charge in [0.15, 0.2) is 9.84 Å². The SMILES string of the molecule is CCS(=O)(=O)c1ccc(N(C)Cc2ccccc2N)cc1. The molecular formula is C16H20N2O2S. The highest BCUT2D eigenvalue weighted by Crippen LogP contribution is 2.21. The van der Waals surface area contributed by atoms with Crippen LogP contribution in [0, 0.1) is 0 Å². The minimum Gasteiger partial charge on any atom is -0.398 e. The molecule has 0 aliphatic rings. The number of sulfone groups is 1. The summed E-state index contributed by atoms with van der Waals surface area (Å²) in [5, 5.41) is 0. The summed E-state index contributed by atoms with van der Waals surface area (Å²) in [4.78, 5) is 2.40. The van der Waals surface area contributed by atoms with Crippen LogP contribution in [0.15, 0.2) is 53.4 Å². The minimum absolute atomic E-state index is 0.114. The molecule has 0 aliphatic carbocycles. The number of rotatable bonds is 5. The van der Waals surface area contributed by atoms with E-state index in [1.807, 2.05) is 48.3 Å². The van der Waals surface area contributed by atoms with Crippen LogP contribution >= 0.6 is 0 Å². The van der Waals surface area contributed by atoms with Crippen molar-refractivity contribution in [3.63, 3.8) is 0 Å². The molecule has 0 aliphatic heterocycles. The van der Waals surface area contributed by atoms with E-state index in [0.717, 1.165) is 16.9 Å². The first-order valence-corrected chi connectivity index (χ1v) is 8.46. The Morgan fingerprint density at radius 1 is 1.05 bits per heavy atom. The van der Waals surface area contributed by atoms with E-state index in [1.54, 1.807) is 19.1 Å². The number of hydrogen-bond donors (Lipinski definition) is 1. The van der Waals surface area contributed by atoms with E-state index in [4.69, 9.17) is 5.73 Å². The maximum atomic E-state index is 11.8. The summed E-state index contributed by atoms with van der Waals surface area (Å²) in [5.74, 6) is 0.114. The Labute approximate surface area is 126 Å². The Kier molecular flexibility index (Phi) is 4.53. The summed E-state index contributed by atoms with van der Waals surface area (Å²) < 4.78 is 23.6. The molecule has 0 aromatic heterocycles. The molecule has 0 bridgehead atoms. The first-order chi connectivity index (χ1) is 9.94. The van der Waals surface area contributed by atoms with Crippen molar-refractivity contribution in [3.05, 3.63) is 54.1 Å². The van der Waals surface area contributed by atoms with Crippen molar-refractivity contribution in [1.82, 2.24) is 0 Å². The summed E-state index contributed by atoms with van der Waals surface area (Å²) in [6, 6.07) is 14.7. The molecule has 0 radical (unpaired) electrons. The van der Waals surface area contributed by atoms with Crippen LogP contribution in [-0.4, -0.2) is 21.2 Å². The molecule has 0 heterocycles. The Balaban J connectivity index is 2.17. The molecule has 2 N–H and O–H groups in total. The molecule has 0 saturated carbocycles. The van der Waals surface area contributed by atoms with E-state index < -0.39 is 9.84 Å². The van der Waals surface area contributed by atoms with E-state index in [0.29, 0.717) is 11.4 Å². The molecule has 4 nitrogen and oxygen atoms in total. The number of nitrogen functional groups attached to an aromatic ring is 1. The van der Waals surface area contributed by atoms with E-state index in [9.17, 15) is 8.42 Å². The first-order valence-electron chi connectivity index (χ1n) is 6.81. The van der Waals surface area contributed by atoms with Gasteiger partial charge in [-0.25, -0.2) is 8.42 Å². The topological polar surface area (TPSA) is 63.4 Å². The van der Waals surface area contributed by atoms with Crippen LogP contribution in [-0.2, 0) is 16.4 Å². The Bertz CT molecular complexity index is 709. The highest BCUT2D eigenvalue weighted by atomic mass is 32.2. The maximum Gasteiger partial charge on any atom is 0.178 e. The predicted octanol–water partition coefficient (Wildman–Crippen LogP) is 2.70. The van der Waals surface area contributed by atoms with Crippen molar-refractivity contribution in [2.24, 2.45) is 0 Å². The van der Waals surface area contributed by atoms with Crippen molar-refractivity contribution in [1.29, 1.82) is 0 Å². The number of nitrogens with zero attached hydrogens (tertiary/aromatic N) is 1. The number of para-hydroxylation sites is 1. The zero-order chi connectivity index (χ0) is 15.5. The lowest BCUT2D eigenvalue weighted by molar-refractivity contribution is 0.597. The third-order valence-corrected chi connectivity index (χ3v) is 5.23. The molecule has 0 spiro atoms. The molecule has 0 unspecified atom stereocenters. The van der Waals surface area contributed by atoms with E-state index in [-0.39, 0.29) is 5.75 Å². The standard InChI is InChI=1S/C16H20N2O2S/c1-3-21(19,20)15-10-8-14(9-11-15)18(2)12-13-6-4-5-7-16(13)17/h4-11H,3,12,17H2,1-2H3. The summed E-state index contributed by atoms with van der Waals surface area (Å²) >= 11 is 0. The molecular weight excluding hydrogens is 284 g/mol. The average Bonchev–Trinajstić information content (AvgIpc) is 2.49. The van der Waals surface area contributed by atoms with Gasteiger partial charge >= 0.3 is 0 Å². The Hall–Kier alpha value is -2.01. The normalized spacial score (nSPS) is 11.3. The zero-order valence-electron chi connectivity index (χ0n) is 12.3. The second-order valence-electron chi connectivity index (χ2n) is 4.95. The predicted molar refractivity (Wildman–Crippen MR) is 87.1 cm³/mol. The maximum absolute atomic E-state index is 11.8. The second kappa shape index (κ2) is 6.18. The fourth-order valence-corrected chi connectivity index (χ4v) is 2.98. The molecule has 0 saturated heterocycles. The Morgan fingerprint density at radius 3 is 2.24 bits per heavy atom. The molecule has 21 heavy (non-hydrogen) atoms. The number of nitrogens with two attached hydrogens (primary N) is 1. The van der Waals surface area contributed by atoms with Gasteiger partial charge < -0.3 is 10.6 Å². The molecule has 0 atom stereocenters. The van der Waals surface area contributed by atoms with Crippen LogP contribution in [0.25, 0.3) is 0 Å². The van der Waals surface area contributed by atoms with Gasteiger partial charge in [0.25, 0.3) is 0 Å². The third kappa shape index (κ3) is 3.55. The molecule has 2 rings (SSSR count). The molecule has 112 valence electrons. The monoisotopic (exact) mass is 304 g/mol. The first kappa shape index (κ1) is 15.4. The van der Waals surface area contributed by atoms with Gasteiger partial charge in [0.1, 0.15) is 0 Å². The second-order valence-corrected chi connectivity index (χ2v) is 7.23. The highest BCUT2D eigenvalue weighted by Gasteiger charge is 2.12. The summed E-state index contributed by atoms with van der Waals surface area (Å²) in [6.07, 6.45) is 0. The van der Waals surface area contributed by atoms with Gasteiger partial charge in [-0.15, -0.1) is 0 Å². The number of anilines is 2. The van der Waals surface area contributed by atoms with Crippen molar-refractivity contribution >= 4 is 21.2 Å².